The Labute approximate surface area is 212 Å². The van der Waals surface area contributed by atoms with E-state index in [0.29, 0.717) is 12.0 Å². The molecule has 1 aromatic rings. The first-order chi connectivity index (χ1) is 16.9. The Balaban J connectivity index is 2.94. The van der Waals surface area contributed by atoms with Crippen LogP contribution in [0.2, 0.25) is 0 Å². The molecule has 0 radical (unpaired) electrons. The fourth-order valence-electron chi connectivity index (χ4n) is 3.44. The van der Waals surface area contributed by atoms with Crippen LogP contribution in [0.25, 0.3) is 0 Å². The molecule has 1 aromatic carbocycles. The van der Waals surface area contributed by atoms with Crippen LogP contribution in [0, 0.1) is 18.8 Å². The maximum Gasteiger partial charge on any atom is 0.330 e. The number of nitrogens with one attached hydrogen (secondary N) is 3. The summed E-state index contributed by atoms with van der Waals surface area (Å²) in [5.41, 5.74) is 0.590. The Morgan fingerprint density at radius 1 is 1.03 bits per heavy atom. The number of esters is 1. The summed E-state index contributed by atoms with van der Waals surface area (Å²) >= 11 is 0. The zero-order valence-corrected chi connectivity index (χ0v) is 21.8. The number of rotatable bonds is 13. The van der Waals surface area contributed by atoms with Crippen LogP contribution in [-0.2, 0) is 19.1 Å². The van der Waals surface area contributed by atoms with E-state index < -0.39 is 48.4 Å². The predicted octanol–water partition coefficient (Wildman–Crippen LogP) is 1.58. The number of phenols is 1. The van der Waals surface area contributed by atoms with Gasteiger partial charge in [-0.05, 0) is 44.2 Å². The van der Waals surface area contributed by atoms with Gasteiger partial charge in [0, 0.05) is 23.2 Å². The van der Waals surface area contributed by atoms with Crippen LogP contribution in [0.4, 0.5) is 0 Å². The SMILES string of the molecule is CCOC(=O)C=CC(CC(C)C)NC(=O)C(CO)NC(=O)C(NC(=O)c1cccc(O)c1C)C(C)C. The number of aromatic hydroxyl groups is 1. The summed E-state index contributed by atoms with van der Waals surface area (Å²) in [7, 11) is 0. The lowest BCUT2D eigenvalue weighted by Gasteiger charge is -2.26. The minimum Gasteiger partial charge on any atom is -0.508 e. The van der Waals surface area contributed by atoms with E-state index in [1.807, 2.05) is 13.8 Å². The average molecular weight is 506 g/mol. The molecule has 5 N–H and O–H groups in total. The minimum atomic E-state index is -1.27. The maximum absolute atomic E-state index is 13.0. The molecule has 1 rings (SSSR count). The van der Waals surface area contributed by atoms with Gasteiger partial charge in [-0.1, -0.05) is 39.8 Å². The second-order valence-corrected chi connectivity index (χ2v) is 9.24. The number of carbonyl (C=O) groups excluding carboxylic acids is 4. The van der Waals surface area contributed by atoms with E-state index in [4.69, 9.17) is 4.74 Å². The fourth-order valence-corrected chi connectivity index (χ4v) is 3.44. The van der Waals surface area contributed by atoms with Crippen LogP contribution in [0.1, 0.15) is 57.0 Å². The van der Waals surface area contributed by atoms with Crippen molar-refractivity contribution in [1.29, 1.82) is 0 Å². The number of ether oxygens (including phenoxy) is 1. The molecule has 10 heteroatoms. The molecule has 0 saturated heterocycles. The number of phenolic OH excluding ortho intramolecular Hbond substituents is 1. The number of hydrogen-bond acceptors (Lipinski definition) is 7. The molecule has 0 aromatic heterocycles. The third-order valence-corrected chi connectivity index (χ3v) is 5.41. The van der Waals surface area contributed by atoms with Crippen LogP contribution in [0.3, 0.4) is 0 Å². The van der Waals surface area contributed by atoms with Crippen LogP contribution in [-0.4, -0.2) is 65.2 Å². The summed E-state index contributed by atoms with van der Waals surface area (Å²) in [6, 6.07) is 1.71. The Bertz CT molecular complexity index is 943. The second-order valence-electron chi connectivity index (χ2n) is 9.24. The maximum atomic E-state index is 13.0. The third-order valence-electron chi connectivity index (χ3n) is 5.41. The monoisotopic (exact) mass is 505 g/mol. The lowest BCUT2D eigenvalue weighted by Crippen LogP contribution is -2.57. The smallest absolute Gasteiger partial charge is 0.330 e. The summed E-state index contributed by atoms with van der Waals surface area (Å²) < 4.78 is 4.87. The molecule has 10 nitrogen and oxygen atoms in total. The quantitative estimate of drug-likeness (QED) is 0.201. The summed E-state index contributed by atoms with van der Waals surface area (Å²) in [6.07, 6.45) is 3.26. The van der Waals surface area contributed by atoms with Gasteiger partial charge in [0.1, 0.15) is 17.8 Å². The van der Waals surface area contributed by atoms with Gasteiger partial charge in [-0.25, -0.2) is 4.79 Å². The van der Waals surface area contributed by atoms with Gasteiger partial charge in [-0.15, -0.1) is 0 Å². The van der Waals surface area contributed by atoms with Crippen molar-refractivity contribution in [3.05, 3.63) is 41.5 Å². The van der Waals surface area contributed by atoms with Gasteiger partial charge >= 0.3 is 5.97 Å². The minimum absolute atomic E-state index is 0.0434. The van der Waals surface area contributed by atoms with Crippen LogP contribution < -0.4 is 16.0 Å². The van der Waals surface area contributed by atoms with Crippen LogP contribution in [0.5, 0.6) is 5.75 Å². The van der Waals surface area contributed by atoms with E-state index in [0.717, 1.165) is 0 Å². The molecule has 3 unspecified atom stereocenters. The predicted molar refractivity (Wildman–Crippen MR) is 135 cm³/mol. The summed E-state index contributed by atoms with van der Waals surface area (Å²) in [4.78, 5) is 50.3. The van der Waals surface area contributed by atoms with Gasteiger partial charge in [0.25, 0.3) is 5.91 Å². The van der Waals surface area contributed by atoms with Gasteiger partial charge in [0.2, 0.25) is 11.8 Å². The fraction of sp³-hybridized carbons (Fsp3) is 0.538. The molecule has 3 amide bonds. The van der Waals surface area contributed by atoms with E-state index in [-0.39, 0.29) is 29.8 Å². The number of hydrogen-bond donors (Lipinski definition) is 5. The molecule has 0 bridgehead atoms. The van der Waals surface area contributed by atoms with Gasteiger partial charge < -0.3 is 30.9 Å². The zero-order valence-electron chi connectivity index (χ0n) is 21.8. The van der Waals surface area contributed by atoms with Crippen molar-refractivity contribution in [2.75, 3.05) is 13.2 Å². The number of aliphatic hydroxyl groups excluding tert-OH is 1. The highest BCUT2D eigenvalue weighted by Gasteiger charge is 2.30. The van der Waals surface area contributed by atoms with Crippen LogP contribution in [0.15, 0.2) is 30.4 Å². The van der Waals surface area contributed by atoms with E-state index >= 15 is 0 Å². The lowest BCUT2D eigenvalue weighted by atomic mass is 10.0. The first kappa shape index (κ1) is 30.6. The van der Waals surface area contributed by atoms with Crippen molar-refractivity contribution in [1.82, 2.24) is 16.0 Å². The summed E-state index contributed by atoms with van der Waals surface area (Å²) in [5.74, 6) is -2.57. The highest BCUT2D eigenvalue weighted by molar-refractivity contribution is 5.99. The molecule has 0 spiro atoms. The van der Waals surface area contributed by atoms with E-state index in [1.165, 1.54) is 30.4 Å². The third kappa shape index (κ3) is 9.69. The number of carbonyl (C=O) groups is 4. The molecule has 0 heterocycles. The van der Waals surface area contributed by atoms with Crippen molar-refractivity contribution < 1.29 is 34.1 Å². The Morgan fingerprint density at radius 2 is 1.69 bits per heavy atom. The van der Waals surface area contributed by atoms with Crippen molar-refractivity contribution in [3.8, 4) is 5.75 Å². The van der Waals surface area contributed by atoms with Crippen molar-refractivity contribution >= 4 is 23.7 Å². The van der Waals surface area contributed by atoms with Crippen molar-refractivity contribution in [2.24, 2.45) is 11.8 Å². The molecule has 36 heavy (non-hydrogen) atoms. The van der Waals surface area contributed by atoms with Crippen molar-refractivity contribution in [3.63, 3.8) is 0 Å². The average Bonchev–Trinajstić information content (AvgIpc) is 2.80. The van der Waals surface area contributed by atoms with E-state index in [9.17, 15) is 29.4 Å². The van der Waals surface area contributed by atoms with Gasteiger partial charge in [0.05, 0.1) is 13.2 Å². The van der Waals surface area contributed by atoms with Gasteiger partial charge in [0.15, 0.2) is 0 Å². The first-order valence-electron chi connectivity index (χ1n) is 12.1. The molecule has 0 fully saturated rings. The molecule has 200 valence electrons. The molecular weight excluding hydrogens is 466 g/mol. The second kappa shape index (κ2) is 14.9. The Kier molecular flexibility index (Phi) is 12.7. The molecule has 0 aliphatic heterocycles. The molecule has 0 aliphatic carbocycles. The largest absolute Gasteiger partial charge is 0.508 e. The number of amides is 3. The standard InChI is InChI=1S/C26H39N3O7/c1-7-36-22(32)12-11-18(13-15(2)3)27-25(34)20(14-30)28-26(35)23(16(4)5)29-24(33)19-9-8-10-21(31)17(19)6/h8-12,15-16,18,20,23,30-31H,7,13-14H2,1-6H3,(H,27,34)(H,28,35)(H,29,33). The Hall–Kier alpha value is -3.40. The molecule has 0 aliphatic rings. The number of benzene rings is 1. The summed E-state index contributed by atoms with van der Waals surface area (Å²) in [5, 5.41) is 27.5. The summed E-state index contributed by atoms with van der Waals surface area (Å²) in [6.45, 7) is 10.2. The highest BCUT2D eigenvalue weighted by Crippen LogP contribution is 2.20. The van der Waals surface area contributed by atoms with E-state index in [1.54, 1.807) is 27.7 Å². The Morgan fingerprint density at radius 3 is 2.25 bits per heavy atom. The molecule has 3 atom stereocenters. The van der Waals surface area contributed by atoms with Crippen molar-refractivity contribution in [2.45, 2.75) is 66.1 Å². The van der Waals surface area contributed by atoms with Crippen LogP contribution >= 0.6 is 0 Å². The number of aliphatic hydroxyl groups is 1. The van der Waals surface area contributed by atoms with Gasteiger partial charge in [-0.2, -0.15) is 0 Å². The molecule has 0 saturated carbocycles. The molecular formula is C26H39N3O7. The van der Waals surface area contributed by atoms with Gasteiger partial charge in [-0.3, -0.25) is 14.4 Å². The highest BCUT2D eigenvalue weighted by atomic mass is 16.5. The normalized spacial score (nSPS) is 13.8. The first-order valence-corrected chi connectivity index (χ1v) is 12.1. The topological polar surface area (TPSA) is 154 Å². The lowest BCUT2D eigenvalue weighted by molar-refractivity contribution is -0.137. The zero-order chi connectivity index (χ0) is 27.4. The van der Waals surface area contributed by atoms with E-state index in [2.05, 4.69) is 16.0 Å².